The number of aliphatic hydroxyl groups excluding tert-OH is 1. The molecule has 1 saturated heterocycles. The van der Waals surface area contributed by atoms with Crippen molar-refractivity contribution in [2.24, 2.45) is 5.92 Å². The third-order valence-corrected chi connectivity index (χ3v) is 5.52. The Morgan fingerprint density at radius 3 is 3.00 bits per heavy atom. The Morgan fingerprint density at radius 1 is 1.53 bits per heavy atom. The van der Waals surface area contributed by atoms with Crippen LogP contribution in [0.4, 0.5) is 5.13 Å². The number of nitrogens with zero attached hydrogens (tertiary/aromatic N) is 2. The first-order chi connectivity index (χ1) is 9.17. The fourth-order valence-corrected chi connectivity index (χ4v) is 4.31. The molecule has 0 radical (unpaired) electrons. The minimum Gasteiger partial charge on any atom is -0.396 e. The number of aliphatic hydroxyl groups is 1. The first-order valence-electron chi connectivity index (χ1n) is 5.80. The highest BCUT2D eigenvalue weighted by Gasteiger charge is 2.31. The van der Waals surface area contributed by atoms with E-state index in [1.807, 2.05) is 17.5 Å². The summed E-state index contributed by atoms with van der Waals surface area (Å²) in [5.74, 6) is 0.0862. The average Bonchev–Trinajstić information content (AvgIpc) is 3.07. The molecule has 100 valence electrons. The smallest absolute Gasteiger partial charge is 0.229 e. The molecule has 3 rings (SSSR count). The molecule has 0 spiro atoms. The van der Waals surface area contributed by atoms with Gasteiger partial charge in [-0.05, 0) is 28.1 Å². The summed E-state index contributed by atoms with van der Waals surface area (Å²) in [4.78, 5) is 19.2. The largest absolute Gasteiger partial charge is 0.396 e. The van der Waals surface area contributed by atoms with Crippen molar-refractivity contribution in [3.05, 3.63) is 21.3 Å². The molecule has 1 aliphatic heterocycles. The summed E-state index contributed by atoms with van der Waals surface area (Å²) in [6, 6.07) is 4.00. The van der Waals surface area contributed by atoms with E-state index in [0.29, 0.717) is 13.0 Å². The summed E-state index contributed by atoms with van der Waals surface area (Å²) < 4.78 is 1.06. The molecule has 1 fully saturated rings. The van der Waals surface area contributed by atoms with Gasteiger partial charge in [-0.15, -0.1) is 22.7 Å². The van der Waals surface area contributed by atoms with E-state index < -0.39 is 0 Å². The lowest BCUT2D eigenvalue weighted by Crippen LogP contribution is -2.24. The fourth-order valence-electron chi connectivity index (χ4n) is 2.04. The number of carbonyl (C=O) groups is 1. The van der Waals surface area contributed by atoms with Gasteiger partial charge in [-0.2, -0.15) is 0 Å². The molecule has 1 aliphatic rings. The van der Waals surface area contributed by atoms with E-state index in [4.69, 9.17) is 5.11 Å². The van der Waals surface area contributed by atoms with Crippen molar-refractivity contribution in [3.63, 3.8) is 0 Å². The Balaban J connectivity index is 1.84. The number of hydrogen-bond acceptors (Lipinski definition) is 5. The van der Waals surface area contributed by atoms with Crippen LogP contribution in [0.2, 0.25) is 0 Å². The second-order valence-corrected chi connectivity index (χ2v) is 7.68. The van der Waals surface area contributed by atoms with Gasteiger partial charge in [-0.1, -0.05) is 0 Å². The third-order valence-electron chi connectivity index (χ3n) is 3.01. The van der Waals surface area contributed by atoms with Crippen LogP contribution in [0.25, 0.3) is 10.6 Å². The number of hydrogen-bond donors (Lipinski definition) is 1. The molecule has 0 aliphatic carbocycles. The zero-order valence-electron chi connectivity index (χ0n) is 9.88. The molecule has 4 nitrogen and oxygen atoms in total. The van der Waals surface area contributed by atoms with Gasteiger partial charge in [0.05, 0.1) is 14.4 Å². The number of aromatic nitrogens is 1. The van der Waals surface area contributed by atoms with Gasteiger partial charge in [0, 0.05) is 30.9 Å². The van der Waals surface area contributed by atoms with Crippen LogP contribution >= 0.6 is 38.6 Å². The summed E-state index contributed by atoms with van der Waals surface area (Å²) in [6.45, 7) is 0.620. The number of carbonyl (C=O) groups excluding carboxylic acids is 1. The van der Waals surface area contributed by atoms with E-state index in [-0.39, 0.29) is 18.4 Å². The van der Waals surface area contributed by atoms with Crippen LogP contribution in [-0.4, -0.2) is 29.1 Å². The van der Waals surface area contributed by atoms with Crippen LogP contribution in [0, 0.1) is 5.92 Å². The molecule has 7 heteroatoms. The van der Waals surface area contributed by atoms with Crippen molar-refractivity contribution < 1.29 is 9.90 Å². The highest BCUT2D eigenvalue weighted by Crippen LogP contribution is 2.35. The predicted octanol–water partition coefficient (Wildman–Crippen LogP) is 2.98. The molecule has 1 amide bonds. The van der Waals surface area contributed by atoms with Gasteiger partial charge in [0.25, 0.3) is 0 Å². The molecular formula is C12H11BrN2O2S2. The Kier molecular flexibility index (Phi) is 3.70. The van der Waals surface area contributed by atoms with E-state index in [1.54, 1.807) is 16.2 Å². The quantitative estimate of drug-likeness (QED) is 0.917. The maximum atomic E-state index is 11.9. The van der Waals surface area contributed by atoms with Crippen molar-refractivity contribution in [3.8, 4) is 10.6 Å². The first-order valence-corrected chi connectivity index (χ1v) is 8.28. The van der Waals surface area contributed by atoms with Crippen LogP contribution in [0.1, 0.15) is 6.42 Å². The number of halogens is 1. The topological polar surface area (TPSA) is 53.4 Å². The molecule has 1 unspecified atom stereocenters. The zero-order valence-corrected chi connectivity index (χ0v) is 13.1. The van der Waals surface area contributed by atoms with Crippen LogP contribution in [0.5, 0.6) is 0 Å². The van der Waals surface area contributed by atoms with E-state index in [9.17, 15) is 4.79 Å². The Morgan fingerprint density at radius 2 is 2.37 bits per heavy atom. The van der Waals surface area contributed by atoms with Gasteiger partial charge in [0.2, 0.25) is 5.91 Å². The van der Waals surface area contributed by atoms with E-state index in [0.717, 1.165) is 19.5 Å². The molecule has 2 aromatic rings. The lowest BCUT2D eigenvalue weighted by molar-refractivity contribution is -0.117. The second-order valence-electron chi connectivity index (χ2n) is 4.38. The predicted molar refractivity (Wildman–Crippen MR) is 80.7 cm³/mol. The van der Waals surface area contributed by atoms with E-state index in [2.05, 4.69) is 20.9 Å². The van der Waals surface area contributed by atoms with Crippen molar-refractivity contribution in [1.82, 2.24) is 4.98 Å². The number of amides is 1. The molecule has 19 heavy (non-hydrogen) atoms. The fraction of sp³-hybridized carbons (Fsp3) is 0.333. The third kappa shape index (κ3) is 2.60. The number of anilines is 1. The number of thiophene rings is 1. The summed E-state index contributed by atoms with van der Waals surface area (Å²) in [7, 11) is 0. The lowest BCUT2D eigenvalue weighted by atomic mass is 10.1. The van der Waals surface area contributed by atoms with Crippen molar-refractivity contribution >= 4 is 49.6 Å². The highest BCUT2D eigenvalue weighted by atomic mass is 79.9. The van der Waals surface area contributed by atoms with Crippen LogP contribution in [-0.2, 0) is 4.79 Å². The molecular weight excluding hydrogens is 348 g/mol. The number of thiazole rings is 1. The van der Waals surface area contributed by atoms with E-state index >= 15 is 0 Å². The number of rotatable bonds is 3. The van der Waals surface area contributed by atoms with Crippen LogP contribution < -0.4 is 4.90 Å². The van der Waals surface area contributed by atoms with Crippen molar-refractivity contribution in [2.45, 2.75) is 6.42 Å². The standard InChI is InChI=1S/C12H11BrN2O2S2/c13-10-2-1-9(19-10)8-6-18-12(14-8)15-4-7(5-16)3-11(15)17/h1-2,6-7,16H,3-5H2. The second kappa shape index (κ2) is 5.32. The van der Waals surface area contributed by atoms with Gasteiger partial charge < -0.3 is 5.11 Å². The molecule has 0 aromatic carbocycles. The minimum atomic E-state index is 0.0377. The summed E-state index contributed by atoms with van der Waals surface area (Å²) in [6.07, 6.45) is 0.413. The maximum absolute atomic E-state index is 11.9. The van der Waals surface area contributed by atoms with Gasteiger partial charge in [0.15, 0.2) is 5.13 Å². The Hall–Kier alpha value is -0.760. The highest BCUT2D eigenvalue weighted by molar-refractivity contribution is 9.11. The van der Waals surface area contributed by atoms with Crippen LogP contribution in [0.3, 0.4) is 0 Å². The Labute approximate surface area is 126 Å². The van der Waals surface area contributed by atoms with Gasteiger partial charge in [-0.3, -0.25) is 9.69 Å². The zero-order chi connectivity index (χ0) is 13.4. The summed E-state index contributed by atoms with van der Waals surface area (Å²) >= 11 is 6.52. The normalized spacial score (nSPS) is 19.4. The molecule has 0 saturated carbocycles. The molecule has 1 atom stereocenters. The van der Waals surface area contributed by atoms with Gasteiger partial charge >= 0.3 is 0 Å². The van der Waals surface area contributed by atoms with Crippen LogP contribution in [0.15, 0.2) is 21.3 Å². The van der Waals surface area contributed by atoms with Crippen molar-refractivity contribution in [1.29, 1.82) is 0 Å². The molecule has 3 heterocycles. The SMILES string of the molecule is O=C1CC(CO)CN1c1nc(-c2ccc(Br)s2)cs1. The van der Waals surface area contributed by atoms with Gasteiger partial charge in [-0.25, -0.2) is 4.98 Å². The lowest BCUT2D eigenvalue weighted by Gasteiger charge is -2.11. The first kappa shape index (κ1) is 13.2. The minimum absolute atomic E-state index is 0.0377. The molecule has 1 N–H and O–H groups in total. The molecule has 2 aromatic heterocycles. The monoisotopic (exact) mass is 358 g/mol. The molecule has 0 bridgehead atoms. The van der Waals surface area contributed by atoms with E-state index in [1.165, 1.54) is 11.3 Å². The maximum Gasteiger partial charge on any atom is 0.229 e. The average molecular weight is 359 g/mol. The summed E-state index contributed by atoms with van der Waals surface area (Å²) in [5.41, 5.74) is 0.899. The Bertz CT molecular complexity index is 610. The summed E-state index contributed by atoms with van der Waals surface area (Å²) in [5, 5.41) is 11.8. The van der Waals surface area contributed by atoms with Crippen molar-refractivity contribution in [2.75, 3.05) is 18.1 Å². The van der Waals surface area contributed by atoms with Gasteiger partial charge in [0.1, 0.15) is 0 Å².